The molecule has 5 atom stereocenters. The zero-order valence-electron chi connectivity index (χ0n) is 17.8. The van der Waals surface area contributed by atoms with E-state index < -0.39 is 16.2 Å². The molecule has 2 saturated carbocycles. The van der Waals surface area contributed by atoms with Crippen molar-refractivity contribution in [3.05, 3.63) is 23.3 Å². The molecule has 3 aliphatic rings. The first-order valence-corrected chi connectivity index (χ1v) is 12.3. The van der Waals surface area contributed by atoms with Gasteiger partial charge in [-0.15, -0.1) is 0 Å². The lowest BCUT2D eigenvalue weighted by Crippen LogP contribution is -2.43. The van der Waals surface area contributed by atoms with Gasteiger partial charge in [0.15, 0.2) is 11.5 Å². The fourth-order valence-electron chi connectivity index (χ4n) is 6.20. The van der Waals surface area contributed by atoms with E-state index >= 15 is 0 Å². The van der Waals surface area contributed by atoms with Crippen molar-refractivity contribution in [2.24, 2.45) is 17.3 Å². The average Bonchev–Trinajstić information content (AvgIpc) is 2.96. The van der Waals surface area contributed by atoms with Crippen LogP contribution >= 0.6 is 0 Å². The van der Waals surface area contributed by atoms with Gasteiger partial charge in [0.05, 0.1) is 12.7 Å². The molecule has 0 heterocycles. The quantitative estimate of drug-likeness (QED) is 0.734. The average molecular weight is 438 g/mol. The highest BCUT2D eigenvalue weighted by molar-refractivity contribution is 7.85. The molecule has 0 aliphatic heterocycles. The first-order valence-electron chi connectivity index (χ1n) is 10.8. The highest BCUT2D eigenvalue weighted by Crippen LogP contribution is 2.61. The highest BCUT2D eigenvalue weighted by atomic mass is 32.2. The summed E-state index contributed by atoms with van der Waals surface area (Å²) in [4.78, 5) is 11.2. The van der Waals surface area contributed by atoms with Crippen LogP contribution in [0.1, 0.15) is 69.9 Å². The SMILES string of the molecule is CCOc1cc2c(cc1OS(=O)(=O)NC(C)=O)CC[C@@H]1[C@@H]2CC[C@]2(C)[C@H](O)CC[C@@H]12. The van der Waals surface area contributed by atoms with E-state index in [4.69, 9.17) is 8.92 Å². The molecule has 0 aromatic heterocycles. The van der Waals surface area contributed by atoms with Crippen molar-refractivity contribution in [2.75, 3.05) is 6.61 Å². The number of carbonyl (C=O) groups is 1. The van der Waals surface area contributed by atoms with Crippen LogP contribution in [0.4, 0.5) is 0 Å². The predicted molar refractivity (Wildman–Crippen MR) is 112 cm³/mol. The van der Waals surface area contributed by atoms with Crippen LogP contribution in [-0.4, -0.2) is 32.1 Å². The van der Waals surface area contributed by atoms with Gasteiger partial charge in [-0.25, -0.2) is 4.72 Å². The molecule has 1 aromatic rings. The Bertz CT molecular complexity index is 945. The summed E-state index contributed by atoms with van der Waals surface area (Å²) >= 11 is 0. The Balaban J connectivity index is 1.67. The third-order valence-corrected chi connectivity index (χ3v) is 8.44. The first-order chi connectivity index (χ1) is 14.1. The minimum absolute atomic E-state index is 0.0108. The van der Waals surface area contributed by atoms with Crippen LogP contribution in [0.15, 0.2) is 12.1 Å². The van der Waals surface area contributed by atoms with Gasteiger partial charge in [-0.2, -0.15) is 8.42 Å². The Morgan fingerprint density at radius 2 is 2.00 bits per heavy atom. The molecular weight excluding hydrogens is 406 g/mol. The lowest BCUT2D eigenvalue weighted by atomic mass is 9.55. The number of carbonyl (C=O) groups excluding carboxylic acids is 1. The largest absolute Gasteiger partial charge is 0.490 e. The van der Waals surface area contributed by atoms with Crippen LogP contribution in [0.5, 0.6) is 11.5 Å². The van der Waals surface area contributed by atoms with E-state index in [1.165, 1.54) is 5.56 Å². The molecule has 0 spiro atoms. The molecule has 2 fully saturated rings. The number of aliphatic hydroxyl groups excluding tert-OH is 1. The van der Waals surface area contributed by atoms with Crippen LogP contribution in [0.2, 0.25) is 0 Å². The first kappa shape index (κ1) is 21.4. The van der Waals surface area contributed by atoms with E-state index in [1.807, 2.05) is 17.7 Å². The molecule has 7 nitrogen and oxygen atoms in total. The van der Waals surface area contributed by atoms with E-state index in [-0.39, 0.29) is 17.3 Å². The minimum atomic E-state index is -4.26. The van der Waals surface area contributed by atoms with Crippen LogP contribution in [0, 0.1) is 17.3 Å². The number of nitrogens with one attached hydrogen (secondary N) is 1. The summed E-state index contributed by atoms with van der Waals surface area (Å²) in [5, 5.41) is 10.6. The Morgan fingerprint density at radius 1 is 1.23 bits per heavy atom. The molecule has 3 aliphatic carbocycles. The Kier molecular flexibility index (Phi) is 5.51. The molecule has 0 radical (unpaired) electrons. The molecule has 0 saturated heterocycles. The smallest absolute Gasteiger partial charge is 0.409 e. The number of ether oxygens (including phenoxy) is 1. The Labute approximate surface area is 178 Å². The van der Waals surface area contributed by atoms with Crippen LogP contribution < -0.4 is 13.6 Å². The number of amides is 1. The Morgan fingerprint density at radius 3 is 2.70 bits per heavy atom. The van der Waals surface area contributed by atoms with Gasteiger partial charge in [-0.05, 0) is 91.9 Å². The fraction of sp³-hybridized carbons (Fsp3) is 0.682. The molecule has 2 N–H and O–H groups in total. The Hall–Kier alpha value is -1.80. The zero-order chi connectivity index (χ0) is 21.7. The molecule has 1 aromatic carbocycles. The van der Waals surface area contributed by atoms with Crippen molar-refractivity contribution in [3.8, 4) is 11.5 Å². The summed E-state index contributed by atoms with van der Waals surface area (Å²) in [5.41, 5.74) is 2.30. The summed E-state index contributed by atoms with van der Waals surface area (Å²) in [7, 11) is -4.26. The third-order valence-electron chi connectivity index (χ3n) is 7.51. The van der Waals surface area contributed by atoms with Gasteiger partial charge in [-0.3, -0.25) is 4.79 Å². The van der Waals surface area contributed by atoms with Crippen LogP contribution in [-0.2, 0) is 21.5 Å². The van der Waals surface area contributed by atoms with Crippen molar-refractivity contribution >= 4 is 16.2 Å². The number of hydrogen-bond acceptors (Lipinski definition) is 6. The second kappa shape index (κ2) is 7.71. The van der Waals surface area contributed by atoms with Gasteiger partial charge in [0.1, 0.15) is 0 Å². The second-order valence-corrected chi connectivity index (χ2v) is 10.5. The standard InChI is InChI=1S/C22H31NO6S/c1-4-28-19-12-17-14(11-20(19)29-30(26,27)23-13(2)24)5-6-16-15(17)9-10-22(3)18(16)7-8-21(22)25/h11-12,15-16,18,21,25H,4-10H2,1-3H3,(H,23,24)/t15-,16+,18-,21+,22-/m0/s1. The number of hydrogen-bond donors (Lipinski definition) is 2. The summed E-state index contributed by atoms with van der Waals surface area (Å²) in [6.45, 7) is 5.57. The number of rotatable bonds is 5. The maximum absolute atomic E-state index is 12.1. The van der Waals surface area contributed by atoms with Gasteiger partial charge < -0.3 is 14.0 Å². The molecule has 1 amide bonds. The molecule has 0 bridgehead atoms. The summed E-state index contributed by atoms with van der Waals surface area (Å²) in [6.07, 6.45) is 5.62. The number of aryl methyl sites for hydroxylation is 1. The van der Waals surface area contributed by atoms with Gasteiger partial charge in [0.25, 0.3) is 0 Å². The molecular formula is C22H31NO6S. The molecule has 30 heavy (non-hydrogen) atoms. The lowest BCUT2D eigenvalue weighted by molar-refractivity contribution is -0.117. The normalized spacial score (nSPS) is 32.5. The summed E-state index contributed by atoms with van der Waals surface area (Å²) < 4.78 is 37.0. The van der Waals surface area contributed by atoms with E-state index in [0.29, 0.717) is 30.1 Å². The zero-order valence-corrected chi connectivity index (χ0v) is 18.6. The lowest BCUT2D eigenvalue weighted by Gasteiger charge is -2.50. The van der Waals surface area contributed by atoms with E-state index in [1.54, 1.807) is 6.07 Å². The number of fused-ring (bicyclic) bond motifs is 5. The second-order valence-electron chi connectivity index (χ2n) is 9.18. The maximum Gasteiger partial charge on any atom is 0.409 e. The third kappa shape index (κ3) is 3.68. The van der Waals surface area contributed by atoms with Crippen LogP contribution in [0.3, 0.4) is 0 Å². The highest BCUT2D eigenvalue weighted by Gasteiger charge is 2.54. The van der Waals surface area contributed by atoms with Crippen molar-refractivity contribution in [1.82, 2.24) is 4.72 Å². The fourth-order valence-corrected chi connectivity index (χ4v) is 6.96. The summed E-state index contributed by atoms with van der Waals surface area (Å²) in [5.74, 6) is 1.21. The minimum Gasteiger partial charge on any atom is -0.490 e. The van der Waals surface area contributed by atoms with Crippen molar-refractivity contribution in [2.45, 2.75) is 71.3 Å². The maximum atomic E-state index is 12.1. The van der Waals surface area contributed by atoms with Crippen molar-refractivity contribution in [1.29, 1.82) is 0 Å². The topological polar surface area (TPSA) is 102 Å². The summed E-state index contributed by atoms with van der Waals surface area (Å²) in [6, 6.07) is 3.69. The van der Waals surface area contributed by atoms with Gasteiger partial charge in [-0.1, -0.05) is 6.92 Å². The van der Waals surface area contributed by atoms with E-state index in [2.05, 4.69) is 6.92 Å². The molecule has 0 unspecified atom stereocenters. The molecule has 4 rings (SSSR count). The van der Waals surface area contributed by atoms with E-state index in [9.17, 15) is 18.3 Å². The van der Waals surface area contributed by atoms with Gasteiger partial charge in [0, 0.05) is 6.92 Å². The van der Waals surface area contributed by atoms with Gasteiger partial charge in [0.2, 0.25) is 5.91 Å². The predicted octanol–water partition coefficient (Wildman–Crippen LogP) is 3.06. The van der Waals surface area contributed by atoms with E-state index in [0.717, 1.165) is 51.0 Å². The van der Waals surface area contributed by atoms with Gasteiger partial charge >= 0.3 is 10.3 Å². The van der Waals surface area contributed by atoms with Crippen molar-refractivity contribution in [3.63, 3.8) is 0 Å². The van der Waals surface area contributed by atoms with Crippen LogP contribution in [0.25, 0.3) is 0 Å². The monoisotopic (exact) mass is 437 g/mol. The number of benzene rings is 1. The molecule has 8 heteroatoms. The molecule has 166 valence electrons. The number of aliphatic hydroxyl groups is 1. The van der Waals surface area contributed by atoms with Crippen molar-refractivity contribution < 1.29 is 27.2 Å².